The molecule has 0 amide bonds. The first-order valence-electron chi connectivity index (χ1n) is 12.1. The van der Waals surface area contributed by atoms with Gasteiger partial charge in [-0.2, -0.15) is 5.10 Å². The van der Waals surface area contributed by atoms with Gasteiger partial charge in [-0.05, 0) is 62.8 Å². The van der Waals surface area contributed by atoms with Gasteiger partial charge in [-0.3, -0.25) is 0 Å². The van der Waals surface area contributed by atoms with Crippen molar-refractivity contribution in [3.63, 3.8) is 0 Å². The molecule has 6 nitrogen and oxygen atoms in total. The molecule has 2 aliphatic carbocycles. The van der Waals surface area contributed by atoms with Gasteiger partial charge in [0, 0.05) is 39.1 Å². The molecule has 8 heteroatoms. The average Bonchev–Trinajstić information content (AvgIpc) is 3.46. The van der Waals surface area contributed by atoms with Gasteiger partial charge in [-0.15, -0.1) is 0 Å². The average molecular weight is 477 g/mol. The summed E-state index contributed by atoms with van der Waals surface area (Å²) in [6.07, 6.45) is 11.9. The molecule has 0 aliphatic heterocycles. The standard InChI is InChI=1S/C24H37ClN4O2Si/c1-32(2,3)11-10-31-16-29-15-19(12-17-4-5-17)23(28-29)24-21(25)14-26-22(27-24)13-18-6-8-20(30)9-7-18/h14-15,17-18,20,30H,4-13,16H2,1-3H3. The molecule has 2 heterocycles. The maximum Gasteiger partial charge on any atom is 0.139 e. The second-order valence-corrected chi connectivity index (χ2v) is 16.9. The van der Waals surface area contributed by atoms with Crippen molar-refractivity contribution >= 4 is 19.7 Å². The summed E-state index contributed by atoms with van der Waals surface area (Å²) >= 11 is 6.57. The van der Waals surface area contributed by atoms with Gasteiger partial charge in [0.05, 0.1) is 11.1 Å². The highest BCUT2D eigenvalue weighted by atomic mass is 35.5. The highest BCUT2D eigenvalue weighted by Gasteiger charge is 2.27. The second-order valence-electron chi connectivity index (χ2n) is 10.9. The third-order valence-electron chi connectivity index (χ3n) is 6.57. The lowest BCUT2D eigenvalue weighted by Gasteiger charge is -2.24. The van der Waals surface area contributed by atoms with Crippen LogP contribution in [0.2, 0.25) is 30.7 Å². The third-order valence-corrected chi connectivity index (χ3v) is 8.55. The van der Waals surface area contributed by atoms with Crippen LogP contribution in [0.4, 0.5) is 0 Å². The van der Waals surface area contributed by atoms with Crippen LogP contribution >= 0.6 is 11.6 Å². The van der Waals surface area contributed by atoms with Gasteiger partial charge >= 0.3 is 0 Å². The Bertz CT molecular complexity index is 902. The van der Waals surface area contributed by atoms with Crippen molar-refractivity contribution in [1.29, 1.82) is 0 Å². The first-order chi connectivity index (χ1) is 15.3. The summed E-state index contributed by atoms with van der Waals surface area (Å²) in [5, 5.41) is 15.2. The first-order valence-corrected chi connectivity index (χ1v) is 16.2. The molecule has 0 spiro atoms. The van der Waals surface area contributed by atoms with E-state index >= 15 is 0 Å². The summed E-state index contributed by atoms with van der Waals surface area (Å²) in [5.74, 6) is 2.09. The molecule has 2 aromatic rings. The lowest BCUT2D eigenvalue weighted by Crippen LogP contribution is -2.22. The summed E-state index contributed by atoms with van der Waals surface area (Å²) in [7, 11) is -1.11. The summed E-state index contributed by atoms with van der Waals surface area (Å²) in [5.41, 5.74) is 2.82. The molecule has 0 radical (unpaired) electrons. The molecular formula is C24H37ClN4O2Si. The van der Waals surface area contributed by atoms with Crippen molar-refractivity contribution in [3.8, 4) is 11.4 Å². The molecule has 0 saturated heterocycles. The van der Waals surface area contributed by atoms with E-state index in [4.69, 9.17) is 26.4 Å². The highest BCUT2D eigenvalue weighted by molar-refractivity contribution is 6.76. The highest BCUT2D eigenvalue weighted by Crippen LogP contribution is 2.36. The van der Waals surface area contributed by atoms with E-state index in [9.17, 15) is 5.11 Å². The molecule has 2 aromatic heterocycles. The van der Waals surface area contributed by atoms with Gasteiger partial charge in [-0.25, -0.2) is 14.6 Å². The maximum absolute atomic E-state index is 9.78. The maximum atomic E-state index is 9.78. The number of hydrogen-bond acceptors (Lipinski definition) is 5. The first kappa shape index (κ1) is 23.9. The van der Waals surface area contributed by atoms with Crippen LogP contribution in [0.3, 0.4) is 0 Å². The molecule has 0 atom stereocenters. The largest absolute Gasteiger partial charge is 0.393 e. The van der Waals surface area contributed by atoms with Crippen molar-refractivity contribution in [2.24, 2.45) is 11.8 Å². The fourth-order valence-electron chi connectivity index (χ4n) is 4.32. The molecule has 2 aliphatic rings. The Morgan fingerprint density at radius 3 is 2.44 bits per heavy atom. The second kappa shape index (κ2) is 10.3. The Morgan fingerprint density at radius 2 is 1.75 bits per heavy atom. The minimum Gasteiger partial charge on any atom is -0.393 e. The molecule has 32 heavy (non-hydrogen) atoms. The van der Waals surface area contributed by atoms with E-state index in [-0.39, 0.29) is 6.10 Å². The molecule has 4 rings (SSSR count). The van der Waals surface area contributed by atoms with Crippen LogP contribution in [0, 0.1) is 11.8 Å². The van der Waals surface area contributed by atoms with Gasteiger partial charge in [0.1, 0.15) is 23.9 Å². The normalized spacial score (nSPS) is 21.8. The minimum atomic E-state index is -1.11. The number of aromatic nitrogens is 4. The smallest absolute Gasteiger partial charge is 0.139 e. The van der Waals surface area contributed by atoms with Crippen LogP contribution in [-0.4, -0.2) is 45.6 Å². The molecule has 2 saturated carbocycles. The topological polar surface area (TPSA) is 73.1 Å². The van der Waals surface area contributed by atoms with E-state index in [0.717, 1.165) is 74.3 Å². The van der Waals surface area contributed by atoms with Gasteiger partial charge < -0.3 is 9.84 Å². The summed E-state index contributed by atoms with van der Waals surface area (Å²) in [6.45, 7) is 8.32. The lowest BCUT2D eigenvalue weighted by atomic mass is 9.85. The van der Waals surface area contributed by atoms with E-state index in [0.29, 0.717) is 17.7 Å². The van der Waals surface area contributed by atoms with Gasteiger partial charge in [0.25, 0.3) is 0 Å². The van der Waals surface area contributed by atoms with Crippen molar-refractivity contribution in [1.82, 2.24) is 19.7 Å². The number of halogens is 1. The predicted octanol–water partition coefficient (Wildman–Crippen LogP) is 5.35. The zero-order chi connectivity index (χ0) is 22.7. The Kier molecular flexibility index (Phi) is 7.70. The summed E-state index contributed by atoms with van der Waals surface area (Å²) in [4.78, 5) is 9.38. The quantitative estimate of drug-likeness (QED) is 0.369. The van der Waals surface area contributed by atoms with E-state index in [1.165, 1.54) is 18.4 Å². The van der Waals surface area contributed by atoms with Crippen LogP contribution in [0.15, 0.2) is 12.4 Å². The number of aliphatic hydroxyl groups is 1. The summed E-state index contributed by atoms with van der Waals surface area (Å²) < 4.78 is 7.83. The van der Waals surface area contributed by atoms with Crippen LogP contribution in [0.25, 0.3) is 11.4 Å². The molecule has 0 unspecified atom stereocenters. The Labute approximate surface area is 197 Å². The van der Waals surface area contributed by atoms with Crippen LogP contribution in [0.5, 0.6) is 0 Å². The number of nitrogens with zero attached hydrogens (tertiary/aromatic N) is 4. The van der Waals surface area contributed by atoms with Crippen molar-refractivity contribution in [2.75, 3.05) is 6.61 Å². The van der Waals surface area contributed by atoms with Crippen molar-refractivity contribution < 1.29 is 9.84 Å². The van der Waals surface area contributed by atoms with E-state index in [2.05, 4.69) is 30.8 Å². The summed E-state index contributed by atoms with van der Waals surface area (Å²) in [6, 6.07) is 1.15. The van der Waals surface area contributed by atoms with E-state index in [1.54, 1.807) is 6.20 Å². The zero-order valence-corrected chi connectivity index (χ0v) is 21.4. The fourth-order valence-corrected chi connectivity index (χ4v) is 5.26. The number of hydrogen-bond donors (Lipinski definition) is 1. The number of ether oxygens (including phenoxy) is 1. The fraction of sp³-hybridized carbons (Fsp3) is 0.708. The third kappa shape index (κ3) is 6.86. The SMILES string of the molecule is C[Si](C)(C)CCOCn1cc(CC2CC2)c(-c2nc(CC3CCC(O)CC3)ncc2Cl)n1. The molecule has 0 aromatic carbocycles. The van der Waals surface area contributed by atoms with Crippen molar-refractivity contribution in [2.45, 2.75) is 89.9 Å². The number of aliphatic hydroxyl groups excluding tert-OH is 1. The van der Waals surface area contributed by atoms with Crippen LogP contribution in [0.1, 0.15) is 49.9 Å². The molecule has 1 N–H and O–H groups in total. The van der Waals surface area contributed by atoms with Crippen molar-refractivity contribution in [3.05, 3.63) is 28.8 Å². The predicted molar refractivity (Wildman–Crippen MR) is 130 cm³/mol. The van der Waals surface area contributed by atoms with E-state index in [1.807, 2.05) is 4.68 Å². The van der Waals surface area contributed by atoms with Crippen LogP contribution in [-0.2, 0) is 24.3 Å². The Hall–Kier alpha value is -1.28. The minimum absolute atomic E-state index is 0.144. The molecule has 176 valence electrons. The molecular weight excluding hydrogens is 440 g/mol. The monoisotopic (exact) mass is 476 g/mol. The van der Waals surface area contributed by atoms with Gasteiger partial charge in [-0.1, -0.05) is 31.2 Å². The molecule has 2 fully saturated rings. The Morgan fingerprint density at radius 1 is 1.06 bits per heavy atom. The lowest BCUT2D eigenvalue weighted by molar-refractivity contribution is 0.0787. The zero-order valence-electron chi connectivity index (χ0n) is 19.7. The Balaban J connectivity index is 1.49. The van der Waals surface area contributed by atoms with E-state index < -0.39 is 8.07 Å². The number of rotatable bonds is 10. The van der Waals surface area contributed by atoms with Gasteiger partial charge in [0.2, 0.25) is 0 Å². The van der Waals surface area contributed by atoms with Crippen LogP contribution < -0.4 is 0 Å². The van der Waals surface area contributed by atoms with Gasteiger partial charge in [0.15, 0.2) is 0 Å². The molecule has 0 bridgehead atoms.